The predicted molar refractivity (Wildman–Crippen MR) is 129 cm³/mol. The minimum absolute atomic E-state index is 0.164. The maximum atomic E-state index is 12.8. The summed E-state index contributed by atoms with van der Waals surface area (Å²) in [6, 6.07) is 13.4. The molecule has 0 atom stereocenters. The van der Waals surface area contributed by atoms with Gasteiger partial charge in [0.15, 0.2) is 0 Å². The number of sulfonamides is 2. The van der Waals surface area contributed by atoms with Crippen LogP contribution in [0.25, 0.3) is 0 Å². The third-order valence-electron chi connectivity index (χ3n) is 5.51. The summed E-state index contributed by atoms with van der Waals surface area (Å²) in [4.78, 5) is 12.9. The molecule has 1 aliphatic rings. The van der Waals surface area contributed by atoms with E-state index in [2.05, 4.69) is 16.6 Å². The summed E-state index contributed by atoms with van der Waals surface area (Å²) >= 11 is 0. The Kier molecular flexibility index (Phi) is 8.06. The first-order chi connectivity index (χ1) is 15.6. The van der Waals surface area contributed by atoms with E-state index in [1.54, 1.807) is 48.5 Å². The van der Waals surface area contributed by atoms with E-state index in [0.29, 0.717) is 24.1 Å². The number of amides is 1. The van der Waals surface area contributed by atoms with E-state index in [1.807, 2.05) is 6.92 Å². The van der Waals surface area contributed by atoms with Crippen molar-refractivity contribution < 1.29 is 21.6 Å². The van der Waals surface area contributed by atoms with Crippen molar-refractivity contribution >= 4 is 31.6 Å². The number of nitrogens with one attached hydrogen (secondary N) is 2. The standard InChI is InChI=1S/C23H29N3O5S2/c1-3-14-24-32(28,29)17-19-6-8-21(9-7-19)25-23(27)20-12-15-26(16-13-20)33(30,31)22-10-4-18(2)5-11-22/h3-11,20,24H,1,12-17H2,2H3,(H,25,27). The van der Waals surface area contributed by atoms with Crippen molar-refractivity contribution in [3.05, 3.63) is 72.3 Å². The van der Waals surface area contributed by atoms with Gasteiger partial charge in [0, 0.05) is 31.2 Å². The predicted octanol–water partition coefficient (Wildman–Crippen LogP) is 2.64. The molecule has 1 aliphatic heterocycles. The lowest BCUT2D eigenvalue weighted by atomic mass is 9.97. The Morgan fingerprint density at radius 3 is 2.21 bits per heavy atom. The highest BCUT2D eigenvalue weighted by Gasteiger charge is 2.32. The Morgan fingerprint density at radius 1 is 1.03 bits per heavy atom. The smallest absolute Gasteiger partial charge is 0.243 e. The van der Waals surface area contributed by atoms with Gasteiger partial charge in [-0.2, -0.15) is 4.31 Å². The summed E-state index contributed by atoms with van der Waals surface area (Å²) in [6.45, 7) is 6.11. The summed E-state index contributed by atoms with van der Waals surface area (Å²) < 4.78 is 53.4. The second-order valence-electron chi connectivity index (χ2n) is 8.07. The molecule has 1 heterocycles. The molecule has 8 nitrogen and oxygen atoms in total. The Labute approximate surface area is 195 Å². The first kappa shape index (κ1) is 25.1. The fourth-order valence-corrected chi connectivity index (χ4v) is 6.18. The van der Waals surface area contributed by atoms with Gasteiger partial charge in [0.25, 0.3) is 0 Å². The SMILES string of the molecule is C=CCNS(=O)(=O)Cc1ccc(NC(=O)C2CCN(S(=O)(=O)c3ccc(C)cc3)CC2)cc1. The molecular weight excluding hydrogens is 462 g/mol. The Bertz CT molecular complexity index is 1180. The van der Waals surface area contributed by atoms with Crippen molar-refractivity contribution in [2.75, 3.05) is 25.0 Å². The zero-order valence-corrected chi connectivity index (χ0v) is 20.2. The molecule has 178 valence electrons. The van der Waals surface area contributed by atoms with Crippen molar-refractivity contribution in [2.24, 2.45) is 5.92 Å². The Balaban J connectivity index is 1.54. The fraction of sp³-hybridized carbons (Fsp3) is 0.348. The fourth-order valence-electron chi connectivity index (χ4n) is 3.60. The lowest BCUT2D eigenvalue weighted by Crippen LogP contribution is -2.41. The number of carbonyl (C=O) groups is 1. The molecule has 3 rings (SSSR count). The van der Waals surface area contributed by atoms with Gasteiger partial charge in [-0.1, -0.05) is 35.9 Å². The van der Waals surface area contributed by atoms with Gasteiger partial charge in [0.05, 0.1) is 10.6 Å². The number of carbonyl (C=O) groups excluding carboxylic acids is 1. The van der Waals surface area contributed by atoms with Crippen molar-refractivity contribution in [3.8, 4) is 0 Å². The van der Waals surface area contributed by atoms with Crippen LogP contribution < -0.4 is 10.0 Å². The van der Waals surface area contributed by atoms with Crippen LogP contribution >= 0.6 is 0 Å². The maximum Gasteiger partial charge on any atom is 0.243 e. The monoisotopic (exact) mass is 491 g/mol. The average molecular weight is 492 g/mol. The lowest BCUT2D eigenvalue weighted by Gasteiger charge is -2.30. The van der Waals surface area contributed by atoms with Gasteiger partial charge in [-0.05, 0) is 49.6 Å². The van der Waals surface area contributed by atoms with Crippen molar-refractivity contribution in [3.63, 3.8) is 0 Å². The van der Waals surface area contributed by atoms with Crippen LogP contribution in [0.3, 0.4) is 0 Å². The van der Waals surface area contributed by atoms with Gasteiger partial charge >= 0.3 is 0 Å². The minimum atomic E-state index is -3.57. The van der Waals surface area contributed by atoms with Gasteiger partial charge in [0.2, 0.25) is 26.0 Å². The molecule has 1 saturated heterocycles. The highest BCUT2D eigenvalue weighted by atomic mass is 32.2. The summed E-state index contributed by atoms with van der Waals surface area (Å²) in [5.41, 5.74) is 2.15. The van der Waals surface area contributed by atoms with Crippen LogP contribution in [0, 0.1) is 12.8 Å². The molecule has 0 aromatic heterocycles. The molecule has 1 amide bonds. The van der Waals surface area contributed by atoms with Crippen molar-refractivity contribution in [1.29, 1.82) is 0 Å². The van der Waals surface area contributed by atoms with E-state index in [4.69, 9.17) is 0 Å². The van der Waals surface area contributed by atoms with Gasteiger partial charge < -0.3 is 5.32 Å². The molecule has 0 saturated carbocycles. The summed E-state index contributed by atoms with van der Waals surface area (Å²) in [5.74, 6) is -0.628. The molecule has 0 aliphatic carbocycles. The van der Waals surface area contributed by atoms with E-state index in [0.717, 1.165) is 5.56 Å². The maximum absolute atomic E-state index is 12.8. The zero-order valence-electron chi connectivity index (χ0n) is 18.5. The molecular formula is C23H29N3O5S2. The highest BCUT2D eigenvalue weighted by molar-refractivity contribution is 7.89. The Hall–Kier alpha value is -2.53. The van der Waals surface area contributed by atoms with Crippen LogP contribution in [0.1, 0.15) is 24.0 Å². The summed E-state index contributed by atoms with van der Waals surface area (Å²) in [5, 5.41) is 2.84. The topological polar surface area (TPSA) is 113 Å². The first-order valence-corrected chi connectivity index (χ1v) is 13.7. The number of rotatable bonds is 9. The van der Waals surface area contributed by atoms with Crippen LogP contribution in [0.2, 0.25) is 0 Å². The van der Waals surface area contributed by atoms with E-state index >= 15 is 0 Å². The average Bonchev–Trinajstić information content (AvgIpc) is 2.79. The highest BCUT2D eigenvalue weighted by Crippen LogP contribution is 2.25. The molecule has 0 radical (unpaired) electrons. The van der Waals surface area contributed by atoms with Crippen LogP contribution in [-0.2, 0) is 30.6 Å². The van der Waals surface area contributed by atoms with Gasteiger partial charge in [-0.3, -0.25) is 4.79 Å². The quantitative estimate of drug-likeness (QED) is 0.524. The van der Waals surface area contributed by atoms with Crippen molar-refractivity contribution in [1.82, 2.24) is 9.03 Å². The van der Waals surface area contributed by atoms with Crippen LogP contribution in [-0.4, -0.2) is 46.7 Å². The number of piperidine rings is 1. The third-order valence-corrected chi connectivity index (χ3v) is 8.74. The van der Waals surface area contributed by atoms with E-state index in [1.165, 1.54) is 10.4 Å². The van der Waals surface area contributed by atoms with Crippen molar-refractivity contribution in [2.45, 2.75) is 30.4 Å². The van der Waals surface area contributed by atoms with Gasteiger partial charge in [0.1, 0.15) is 0 Å². The normalized spacial score (nSPS) is 15.8. The molecule has 0 spiro atoms. The molecule has 10 heteroatoms. The summed E-state index contributed by atoms with van der Waals surface area (Å²) in [7, 11) is -7.02. The number of hydrogen-bond donors (Lipinski definition) is 2. The minimum Gasteiger partial charge on any atom is -0.326 e. The lowest BCUT2D eigenvalue weighted by molar-refractivity contribution is -0.120. The van der Waals surface area contributed by atoms with Crippen LogP contribution in [0.5, 0.6) is 0 Å². The molecule has 0 bridgehead atoms. The molecule has 2 aromatic carbocycles. The van der Waals surface area contributed by atoms with Crippen LogP contribution in [0.4, 0.5) is 5.69 Å². The van der Waals surface area contributed by atoms with Gasteiger partial charge in [-0.25, -0.2) is 21.6 Å². The molecule has 33 heavy (non-hydrogen) atoms. The van der Waals surface area contributed by atoms with Crippen LogP contribution in [0.15, 0.2) is 66.1 Å². The van der Waals surface area contributed by atoms with E-state index < -0.39 is 20.0 Å². The number of nitrogens with zero attached hydrogens (tertiary/aromatic N) is 1. The van der Waals surface area contributed by atoms with Gasteiger partial charge in [-0.15, -0.1) is 6.58 Å². The Morgan fingerprint density at radius 2 is 1.64 bits per heavy atom. The first-order valence-electron chi connectivity index (χ1n) is 10.7. The van der Waals surface area contributed by atoms with E-state index in [9.17, 15) is 21.6 Å². The number of hydrogen-bond acceptors (Lipinski definition) is 5. The molecule has 1 fully saturated rings. The second-order valence-corrected chi connectivity index (χ2v) is 11.8. The molecule has 0 unspecified atom stereocenters. The number of aryl methyl sites for hydroxylation is 1. The zero-order chi connectivity index (χ0) is 24.1. The molecule has 2 N–H and O–H groups in total. The number of benzene rings is 2. The van der Waals surface area contributed by atoms with E-state index in [-0.39, 0.29) is 42.1 Å². The molecule has 2 aromatic rings. The largest absolute Gasteiger partial charge is 0.326 e. The number of anilines is 1. The third kappa shape index (κ3) is 6.73. The summed E-state index contributed by atoms with van der Waals surface area (Å²) in [6.07, 6.45) is 2.34. The second kappa shape index (κ2) is 10.6.